The van der Waals surface area contributed by atoms with Crippen LogP contribution in [-0.2, 0) is 6.54 Å². The number of anilines is 1. The van der Waals surface area contributed by atoms with Crippen LogP contribution in [0.1, 0.15) is 15.4 Å². The van der Waals surface area contributed by atoms with Crippen molar-refractivity contribution in [3.8, 4) is 0 Å². The van der Waals surface area contributed by atoms with Gasteiger partial charge in [0, 0.05) is 11.9 Å². The predicted octanol–water partition coefficient (Wildman–Crippen LogP) is 1.10. The van der Waals surface area contributed by atoms with E-state index in [2.05, 4.69) is 15.4 Å². The molecule has 2 aromatic rings. The summed E-state index contributed by atoms with van der Waals surface area (Å²) in [7, 11) is 1.73. The molecule has 0 radical (unpaired) electrons. The summed E-state index contributed by atoms with van der Waals surface area (Å²) in [5.41, 5.74) is 2.63. The number of rotatable bonds is 4. The Morgan fingerprint density at radius 1 is 1.56 bits per heavy atom. The second kappa shape index (κ2) is 5.56. The normalized spacial score (nSPS) is 10.1. The highest BCUT2D eigenvalue weighted by atomic mass is 32.1. The van der Waals surface area contributed by atoms with E-state index in [0.717, 1.165) is 4.88 Å². The van der Waals surface area contributed by atoms with E-state index in [1.807, 2.05) is 17.5 Å². The maximum atomic E-state index is 12.1. The molecular weight excluding hydrogens is 250 g/mol. The topological polar surface area (TPSA) is 84.1 Å². The molecule has 0 saturated carbocycles. The molecule has 1 amide bonds. The first kappa shape index (κ1) is 12.5. The van der Waals surface area contributed by atoms with Gasteiger partial charge in [0.25, 0.3) is 5.91 Å². The Labute approximate surface area is 108 Å². The van der Waals surface area contributed by atoms with Crippen molar-refractivity contribution in [1.82, 2.24) is 14.9 Å². The van der Waals surface area contributed by atoms with E-state index in [1.165, 1.54) is 12.4 Å². The van der Waals surface area contributed by atoms with E-state index in [0.29, 0.717) is 12.4 Å². The quantitative estimate of drug-likeness (QED) is 0.637. The lowest BCUT2D eigenvalue weighted by atomic mass is 10.3. The van der Waals surface area contributed by atoms with Crippen LogP contribution >= 0.6 is 11.3 Å². The first-order valence-corrected chi connectivity index (χ1v) is 6.15. The molecule has 0 aromatic carbocycles. The molecule has 6 nitrogen and oxygen atoms in total. The third-order valence-corrected chi connectivity index (χ3v) is 3.18. The lowest BCUT2D eigenvalue weighted by Gasteiger charge is -2.15. The Bertz CT molecular complexity index is 528. The van der Waals surface area contributed by atoms with Crippen LogP contribution in [0, 0.1) is 0 Å². The molecule has 3 N–H and O–H groups in total. The SMILES string of the molecule is CN(Cc1cccs1)C(=O)c1cncc(NN)n1. The minimum Gasteiger partial charge on any atom is -0.335 e. The van der Waals surface area contributed by atoms with Gasteiger partial charge in [0.05, 0.1) is 18.9 Å². The van der Waals surface area contributed by atoms with Crippen molar-refractivity contribution in [2.75, 3.05) is 12.5 Å². The number of hydrazine groups is 1. The maximum Gasteiger partial charge on any atom is 0.274 e. The summed E-state index contributed by atoms with van der Waals surface area (Å²) in [4.78, 5) is 22.8. The van der Waals surface area contributed by atoms with Crippen LogP contribution in [0.2, 0.25) is 0 Å². The van der Waals surface area contributed by atoms with E-state index in [4.69, 9.17) is 5.84 Å². The van der Waals surface area contributed by atoms with E-state index >= 15 is 0 Å². The van der Waals surface area contributed by atoms with Gasteiger partial charge >= 0.3 is 0 Å². The molecule has 0 fully saturated rings. The minimum absolute atomic E-state index is 0.187. The maximum absolute atomic E-state index is 12.1. The molecule has 2 aromatic heterocycles. The molecule has 0 spiro atoms. The van der Waals surface area contributed by atoms with Crippen LogP contribution in [0.3, 0.4) is 0 Å². The summed E-state index contributed by atoms with van der Waals surface area (Å²) in [6.07, 6.45) is 2.88. The molecule has 0 aliphatic rings. The molecule has 2 rings (SSSR count). The van der Waals surface area contributed by atoms with Crippen molar-refractivity contribution in [2.24, 2.45) is 5.84 Å². The number of hydrogen-bond donors (Lipinski definition) is 2. The smallest absolute Gasteiger partial charge is 0.274 e. The van der Waals surface area contributed by atoms with Gasteiger partial charge in [-0.25, -0.2) is 10.8 Å². The summed E-state index contributed by atoms with van der Waals surface area (Å²) in [5.74, 6) is 5.41. The third-order valence-electron chi connectivity index (χ3n) is 2.32. The molecule has 94 valence electrons. The fourth-order valence-electron chi connectivity index (χ4n) is 1.44. The van der Waals surface area contributed by atoms with Gasteiger partial charge in [-0.05, 0) is 11.4 Å². The molecule has 0 aliphatic heterocycles. The lowest BCUT2D eigenvalue weighted by Crippen LogP contribution is -2.27. The third kappa shape index (κ3) is 2.82. The summed E-state index contributed by atoms with van der Waals surface area (Å²) in [5, 5.41) is 1.98. The van der Waals surface area contributed by atoms with Crippen molar-refractivity contribution in [3.63, 3.8) is 0 Å². The van der Waals surface area contributed by atoms with Crippen molar-refractivity contribution in [3.05, 3.63) is 40.5 Å². The monoisotopic (exact) mass is 263 g/mol. The number of nitrogens with zero attached hydrogens (tertiary/aromatic N) is 3. The number of amides is 1. The first-order valence-electron chi connectivity index (χ1n) is 5.27. The van der Waals surface area contributed by atoms with E-state index in [-0.39, 0.29) is 11.6 Å². The van der Waals surface area contributed by atoms with Crippen molar-refractivity contribution < 1.29 is 4.79 Å². The van der Waals surface area contributed by atoms with E-state index in [1.54, 1.807) is 23.3 Å². The Morgan fingerprint density at radius 3 is 3.06 bits per heavy atom. The van der Waals surface area contributed by atoms with Gasteiger partial charge in [0.1, 0.15) is 5.69 Å². The first-order chi connectivity index (χ1) is 8.70. The predicted molar refractivity (Wildman–Crippen MR) is 70.0 cm³/mol. The fraction of sp³-hybridized carbons (Fsp3) is 0.182. The standard InChI is InChI=1S/C11H13N5OS/c1-16(7-8-3-2-4-18-8)11(17)9-5-13-6-10(14-9)15-12/h2-6H,7,12H2,1H3,(H,14,15). The van der Waals surface area contributed by atoms with Crippen LogP contribution in [0.5, 0.6) is 0 Å². The average Bonchev–Trinajstić information content (AvgIpc) is 2.90. The number of hydrogen-bond acceptors (Lipinski definition) is 6. The highest BCUT2D eigenvalue weighted by Crippen LogP contribution is 2.12. The number of nitrogens with one attached hydrogen (secondary N) is 1. The lowest BCUT2D eigenvalue weighted by molar-refractivity contribution is 0.0780. The van der Waals surface area contributed by atoms with Crippen LogP contribution in [0.4, 0.5) is 5.82 Å². The van der Waals surface area contributed by atoms with Gasteiger partial charge in [0.2, 0.25) is 0 Å². The van der Waals surface area contributed by atoms with Crippen molar-refractivity contribution >= 4 is 23.1 Å². The number of carbonyl (C=O) groups excluding carboxylic acids is 1. The molecule has 7 heteroatoms. The largest absolute Gasteiger partial charge is 0.335 e. The van der Waals surface area contributed by atoms with Crippen molar-refractivity contribution in [1.29, 1.82) is 0 Å². The van der Waals surface area contributed by atoms with Crippen molar-refractivity contribution in [2.45, 2.75) is 6.54 Å². The highest BCUT2D eigenvalue weighted by Gasteiger charge is 2.14. The molecule has 0 aliphatic carbocycles. The second-order valence-corrected chi connectivity index (χ2v) is 4.71. The molecule has 0 saturated heterocycles. The number of nitrogens with two attached hydrogens (primary N) is 1. The Kier molecular flexibility index (Phi) is 3.85. The molecule has 2 heterocycles. The number of carbonyl (C=O) groups is 1. The van der Waals surface area contributed by atoms with Gasteiger partial charge in [-0.1, -0.05) is 6.07 Å². The molecule has 0 atom stereocenters. The zero-order valence-electron chi connectivity index (χ0n) is 9.83. The molecular formula is C11H13N5OS. The summed E-state index contributed by atoms with van der Waals surface area (Å²) >= 11 is 1.61. The van der Waals surface area contributed by atoms with Gasteiger partial charge in [-0.15, -0.1) is 11.3 Å². The zero-order chi connectivity index (χ0) is 13.0. The van der Waals surface area contributed by atoms with Gasteiger partial charge in [-0.3, -0.25) is 9.78 Å². The van der Waals surface area contributed by atoms with Crippen LogP contribution in [0.15, 0.2) is 29.9 Å². The van der Waals surface area contributed by atoms with Crippen LogP contribution in [0.25, 0.3) is 0 Å². The zero-order valence-corrected chi connectivity index (χ0v) is 10.6. The highest BCUT2D eigenvalue weighted by molar-refractivity contribution is 7.09. The number of nitrogen functional groups attached to an aromatic ring is 1. The van der Waals surface area contributed by atoms with Crippen LogP contribution < -0.4 is 11.3 Å². The second-order valence-electron chi connectivity index (χ2n) is 3.67. The molecule has 18 heavy (non-hydrogen) atoms. The van der Waals surface area contributed by atoms with Gasteiger partial charge < -0.3 is 10.3 Å². The summed E-state index contributed by atoms with van der Waals surface area (Å²) < 4.78 is 0. The van der Waals surface area contributed by atoms with E-state index < -0.39 is 0 Å². The van der Waals surface area contributed by atoms with Crippen LogP contribution in [-0.4, -0.2) is 27.8 Å². The number of thiophene rings is 1. The molecule has 0 bridgehead atoms. The van der Waals surface area contributed by atoms with Gasteiger partial charge in [-0.2, -0.15) is 0 Å². The van der Waals surface area contributed by atoms with E-state index in [9.17, 15) is 4.79 Å². The summed E-state index contributed by atoms with van der Waals surface area (Å²) in [6.45, 7) is 0.554. The fourth-order valence-corrected chi connectivity index (χ4v) is 2.20. The number of aromatic nitrogens is 2. The Hall–Kier alpha value is -1.99. The Morgan fingerprint density at radius 2 is 2.39 bits per heavy atom. The van der Waals surface area contributed by atoms with Gasteiger partial charge in [0.15, 0.2) is 5.82 Å². The molecule has 0 unspecified atom stereocenters. The average molecular weight is 263 g/mol. The minimum atomic E-state index is -0.187. The Balaban J connectivity index is 2.10. The summed E-state index contributed by atoms with van der Waals surface area (Å²) in [6, 6.07) is 3.94.